The van der Waals surface area contributed by atoms with E-state index in [2.05, 4.69) is 9.62 Å². The molecule has 29 heavy (non-hydrogen) atoms. The van der Waals surface area contributed by atoms with E-state index >= 15 is 0 Å². The highest BCUT2D eigenvalue weighted by Crippen LogP contribution is 2.24. The molecule has 0 bridgehead atoms. The fraction of sp³-hybridized carbons (Fsp3) is 0.368. The van der Waals surface area contributed by atoms with Gasteiger partial charge in [-0.1, -0.05) is 17.7 Å². The first kappa shape index (κ1) is 21.6. The average Bonchev–Trinajstić information content (AvgIpc) is 2.69. The summed E-state index contributed by atoms with van der Waals surface area (Å²) in [5.74, 6) is -0.668. The lowest BCUT2D eigenvalue weighted by molar-refractivity contribution is -0.385. The van der Waals surface area contributed by atoms with Crippen LogP contribution < -0.4 is 4.72 Å². The van der Waals surface area contributed by atoms with Crippen LogP contribution in [0.2, 0.25) is 5.02 Å². The number of nitro benzene ring substituents is 1. The van der Waals surface area contributed by atoms with Gasteiger partial charge in [0.15, 0.2) is 0 Å². The van der Waals surface area contributed by atoms with Crippen LogP contribution in [0.25, 0.3) is 0 Å². The standard InChI is InChI=1S/C19H21ClFN3O4S/c20-18-12-17(5-6-19(18)21)29(27,28)22-8-1-2-9-23-10-7-14-3-4-16(24(25)26)11-15(14)13-23/h3-6,11-12,22H,1-2,7-10,13H2. The van der Waals surface area contributed by atoms with Gasteiger partial charge in [-0.25, -0.2) is 17.5 Å². The molecule has 0 saturated heterocycles. The van der Waals surface area contributed by atoms with E-state index in [0.29, 0.717) is 13.0 Å². The molecule has 156 valence electrons. The van der Waals surface area contributed by atoms with Crippen LogP contribution in [0, 0.1) is 15.9 Å². The Bertz CT molecular complexity index is 1020. The summed E-state index contributed by atoms with van der Waals surface area (Å²) in [7, 11) is -3.74. The number of fused-ring (bicyclic) bond motifs is 1. The third-order valence-corrected chi connectivity index (χ3v) is 6.63. The van der Waals surface area contributed by atoms with Crippen molar-refractivity contribution >= 4 is 27.3 Å². The molecular weight excluding hydrogens is 421 g/mol. The molecule has 1 heterocycles. The van der Waals surface area contributed by atoms with Crippen molar-refractivity contribution in [2.24, 2.45) is 0 Å². The van der Waals surface area contributed by atoms with Gasteiger partial charge in [0.05, 0.1) is 14.8 Å². The summed E-state index contributed by atoms with van der Waals surface area (Å²) in [6.07, 6.45) is 2.24. The number of benzene rings is 2. The molecule has 10 heteroatoms. The highest BCUT2D eigenvalue weighted by atomic mass is 35.5. The number of halogens is 2. The zero-order valence-electron chi connectivity index (χ0n) is 15.6. The minimum atomic E-state index is -3.74. The van der Waals surface area contributed by atoms with E-state index in [-0.39, 0.29) is 27.1 Å². The number of hydrogen-bond acceptors (Lipinski definition) is 5. The van der Waals surface area contributed by atoms with Gasteiger partial charge in [0.2, 0.25) is 10.0 Å². The third-order valence-electron chi connectivity index (χ3n) is 4.89. The minimum Gasteiger partial charge on any atom is -0.299 e. The zero-order chi connectivity index (χ0) is 21.0. The molecule has 0 saturated carbocycles. The van der Waals surface area contributed by atoms with Gasteiger partial charge in [-0.3, -0.25) is 15.0 Å². The molecule has 0 unspecified atom stereocenters. The van der Waals surface area contributed by atoms with E-state index in [1.165, 1.54) is 12.1 Å². The van der Waals surface area contributed by atoms with Gasteiger partial charge in [-0.15, -0.1) is 0 Å². The van der Waals surface area contributed by atoms with E-state index in [0.717, 1.165) is 49.2 Å². The molecule has 0 spiro atoms. The number of nitrogens with zero attached hydrogens (tertiary/aromatic N) is 2. The largest absolute Gasteiger partial charge is 0.299 e. The van der Waals surface area contributed by atoms with Crippen molar-refractivity contribution in [2.75, 3.05) is 19.6 Å². The number of hydrogen-bond donors (Lipinski definition) is 1. The van der Waals surface area contributed by atoms with E-state index in [1.807, 2.05) is 6.07 Å². The number of rotatable bonds is 8. The van der Waals surface area contributed by atoms with Crippen LogP contribution in [0.15, 0.2) is 41.3 Å². The van der Waals surface area contributed by atoms with Crippen molar-refractivity contribution in [1.82, 2.24) is 9.62 Å². The summed E-state index contributed by atoms with van der Waals surface area (Å²) in [5.41, 5.74) is 2.21. The first-order chi connectivity index (χ1) is 13.8. The van der Waals surface area contributed by atoms with Crippen LogP contribution in [0.4, 0.5) is 10.1 Å². The first-order valence-corrected chi connectivity index (χ1v) is 11.1. The molecule has 1 aliphatic rings. The molecule has 0 aliphatic carbocycles. The lowest BCUT2D eigenvalue weighted by atomic mass is 9.99. The number of non-ortho nitro benzene ring substituents is 1. The van der Waals surface area contributed by atoms with E-state index in [9.17, 15) is 22.9 Å². The number of sulfonamides is 1. The zero-order valence-corrected chi connectivity index (χ0v) is 17.2. The molecule has 0 aromatic heterocycles. The molecular formula is C19H21ClFN3O4S. The van der Waals surface area contributed by atoms with Gasteiger partial charge < -0.3 is 0 Å². The Morgan fingerprint density at radius 2 is 1.97 bits per heavy atom. The molecule has 1 aliphatic heterocycles. The molecule has 0 amide bonds. The molecule has 1 N–H and O–H groups in total. The van der Waals surface area contributed by atoms with E-state index in [1.54, 1.807) is 6.07 Å². The molecule has 3 rings (SSSR count). The second-order valence-corrected chi connectivity index (χ2v) is 9.09. The van der Waals surface area contributed by atoms with Crippen LogP contribution >= 0.6 is 11.6 Å². The second-order valence-electron chi connectivity index (χ2n) is 6.92. The SMILES string of the molecule is O=[N+]([O-])c1ccc2c(c1)CN(CCCCNS(=O)(=O)c1ccc(F)c(Cl)c1)CC2. The fourth-order valence-electron chi connectivity index (χ4n) is 3.30. The average molecular weight is 442 g/mol. The summed E-state index contributed by atoms with van der Waals surface area (Å²) < 4.78 is 40.1. The highest BCUT2D eigenvalue weighted by Gasteiger charge is 2.19. The normalized spacial score (nSPS) is 14.6. The molecule has 0 atom stereocenters. The topological polar surface area (TPSA) is 92.6 Å². The summed E-state index contributed by atoms with van der Waals surface area (Å²) in [6, 6.07) is 8.27. The lowest BCUT2D eigenvalue weighted by Gasteiger charge is -2.28. The van der Waals surface area contributed by atoms with Gasteiger partial charge in [-0.2, -0.15) is 0 Å². The van der Waals surface area contributed by atoms with Crippen LogP contribution in [0.5, 0.6) is 0 Å². The van der Waals surface area contributed by atoms with E-state index in [4.69, 9.17) is 11.6 Å². The predicted octanol–water partition coefficient (Wildman–Crippen LogP) is 3.50. The Morgan fingerprint density at radius 1 is 1.17 bits per heavy atom. The Labute approximate surface area is 173 Å². The Kier molecular flexibility index (Phi) is 6.84. The van der Waals surface area contributed by atoms with Crippen molar-refractivity contribution in [3.63, 3.8) is 0 Å². The fourth-order valence-corrected chi connectivity index (χ4v) is 4.65. The number of nitro groups is 1. The smallest absolute Gasteiger partial charge is 0.269 e. The molecule has 2 aromatic carbocycles. The van der Waals surface area contributed by atoms with Gasteiger partial charge in [0, 0.05) is 31.8 Å². The van der Waals surface area contributed by atoms with Crippen molar-refractivity contribution in [2.45, 2.75) is 30.7 Å². The predicted molar refractivity (Wildman–Crippen MR) is 108 cm³/mol. The number of unbranched alkanes of at least 4 members (excludes halogenated alkanes) is 1. The monoisotopic (exact) mass is 441 g/mol. The molecule has 7 nitrogen and oxygen atoms in total. The van der Waals surface area contributed by atoms with Crippen molar-refractivity contribution < 1.29 is 17.7 Å². The lowest BCUT2D eigenvalue weighted by Crippen LogP contribution is -2.32. The van der Waals surface area contributed by atoms with Crippen LogP contribution in [0.3, 0.4) is 0 Å². The number of nitrogens with one attached hydrogen (secondary N) is 1. The van der Waals surface area contributed by atoms with Crippen molar-refractivity contribution in [1.29, 1.82) is 0 Å². The Hall–Kier alpha value is -2.07. The summed E-state index contributed by atoms with van der Waals surface area (Å²) in [4.78, 5) is 12.7. The second kappa shape index (κ2) is 9.17. The maximum absolute atomic E-state index is 13.2. The molecule has 2 aromatic rings. The Morgan fingerprint density at radius 3 is 2.69 bits per heavy atom. The van der Waals surface area contributed by atoms with Crippen molar-refractivity contribution in [3.8, 4) is 0 Å². The summed E-state index contributed by atoms with van der Waals surface area (Å²) in [6.45, 7) is 2.54. The summed E-state index contributed by atoms with van der Waals surface area (Å²) >= 11 is 5.64. The van der Waals surface area contributed by atoms with Gasteiger partial charge >= 0.3 is 0 Å². The Balaban J connectivity index is 1.45. The maximum Gasteiger partial charge on any atom is 0.269 e. The van der Waals surface area contributed by atoms with Crippen LogP contribution in [0.1, 0.15) is 24.0 Å². The maximum atomic E-state index is 13.2. The van der Waals surface area contributed by atoms with Gasteiger partial charge in [-0.05, 0) is 55.1 Å². The first-order valence-electron chi connectivity index (χ1n) is 9.19. The van der Waals surface area contributed by atoms with Crippen LogP contribution in [-0.4, -0.2) is 37.9 Å². The van der Waals surface area contributed by atoms with Crippen molar-refractivity contribution in [3.05, 3.63) is 68.5 Å². The summed E-state index contributed by atoms with van der Waals surface area (Å²) in [5, 5.41) is 10.7. The van der Waals surface area contributed by atoms with E-state index < -0.39 is 15.8 Å². The van der Waals surface area contributed by atoms with Crippen LogP contribution in [-0.2, 0) is 23.0 Å². The third kappa shape index (κ3) is 5.51. The molecule has 0 radical (unpaired) electrons. The molecule has 0 fully saturated rings. The minimum absolute atomic E-state index is 0.0712. The highest BCUT2D eigenvalue weighted by molar-refractivity contribution is 7.89. The van der Waals surface area contributed by atoms with Gasteiger partial charge in [0.25, 0.3) is 5.69 Å². The van der Waals surface area contributed by atoms with Gasteiger partial charge in [0.1, 0.15) is 5.82 Å². The quantitative estimate of drug-likeness (QED) is 0.384.